The van der Waals surface area contributed by atoms with Crippen LogP contribution in [0.3, 0.4) is 0 Å². The van der Waals surface area contributed by atoms with Gasteiger partial charge in [-0.2, -0.15) is 8.42 Å². The molecular formula is C19H12Cl4O5S. The molecule has 0 bridgehead atoms. The Kier molecular flexibility index (Phi) is 5.98. The van der Waals surface area contributed by atoms with E-state index in [1.807, 2.05) is 0 Å². The third-order valence-electron chi connectivity index (χ3n) is 4.42. The smallest absolute Gasteiger partial charge is 0.283 e. The molecule has 3 aromatic rings. The topological polar surface area (TPSA) is 94.8 Å². The molecule has 5 nitrogen and oxygen atoms in total. The number of hydrogen-bond donors (Lipinski definition) is 3. The summed E-state index contributed by atoms with van der Waals surface area (Å²) in [5.74, 6) is -1.48. The summed E-state index contributed by atoms with van der Waals surface area (Å²) in [6.45, 7) is 0. The zero-order chi connectivity index (χ0) is 21.6. The van der Waals surface area contributed by atoms with Crippen molar-refractivity contribution >= 4 is 56.5 Å². The molecule has 10 heteroatoms. The molecule has 0 aromatic heterocycles. The van der Waals surface area contributed by atoms with E-state index in [0.717, 1.165) is 6.07 Å². The van der Waals surface area contributed by atoms with Gasteiger partial charge in [0.05, 0.1) is 20.1 Å². The summed E-state index contributed by atoms with van der Waals surface area (Å²) in [6, 6.07) is 12.7. The van der Waals surface area contributed by atoms with Gasteiger partial charge < -0.3 is 10.2 Å². The lowest BCUT2D eigenvalue weighted by molar-refractivity contribution is 0.402. The standard InChI is InChI=1S/C19H12Cl4O5S/c20-12-8-4-7-11(16(12)22)19(29(26,27)28,10-5-2-1-3-6-10)15-13(21)9-14(24)18(25)17(15)23/h1-9,24-25H,(H,26,27,28). The Morgan fingerprint density at radius 3 is 2.00 bits per heavy atom. The molecule has 152 valence electrons. The van der Waals surface area contributed by atoms with Crippen molar-refractivity contribution < 1.29 is 23.2 Å². The third-order valence-corrected chi connectivity index (χ3v) is 7.34. The summed E-state index contributed by atoms with van der Waals surface area (Å²) in [6.07, 6.45) is 0. The summed E-state index contributed by atoms with van der Waals surface area (Å²) in [7, 11) is -5.10. The van der Waals surface area contributed by atoms with E-state index >= 15 is 0 Å². The molecule has 1 atom stereocenters. The summed E-state index contributed by atoms with van der Waals surface area (Å²) < 4.78 is 34.1. The van der Waals surface area contributed by atoms with E-state index in [4.69, 9.17) is 46.4 Å². The lowest BCUT2D eigenvalue weighted by atomic mass is 9.83. The Bertz CT molecular complexity index is 1200. The average molecular weight is 494 g/mol. The van der Waals surface area contributed by atoms with Crippen LogP contribution in [0.1, 0.15) is 16.7 Å². The first-order chi connectivity index (χ1) is 13.5. The molecule has 3 aromatic carbocycles. The predicted molar refractivity (Wildman–Crippen MR) is 114 cm³/mol. The predicted octanol–water partition coefficient (Wildman–Crippen LogP) is 5.89. The van der Waals surface area contributed by atoms with E-state index in [1.165, 1.54) is 42.5 Å². The molecule has 0 fully saturated rings. The molecule has 0 heterocycles. The third kappa shape index (κ3) is 3.44. The molecular weight excluding hydrogens is 482 g/mol. The molecule has 0 saturated heterocycles. The summed E-state index contributed by atoms with van der Waals surface area (Å²) in [5.41, 5.74) is -0.510. The minimum Gasteiger partial charge on any atom is -0.504 e. The number of hydrogen-bond acceptors (Lipinski definition) is 4. The van der Waals surface area contributed by atoms with Crippen LogP contribution < -0.4 is 0 Å². The molecule has 0 aliphatic carbocycles. The second-order valence-electron chi connectivity index (χ2n) is 6.04. The van der Waals surface area contributed by atoms with Crippen molar-refractivity contribution in [3.05, 3.63) is 91.4 Å². The van der Waals surface area contributed by atoms with Gasteiger partial charge in [0.15, 0.2) is 16.2 Å². The van der Waals surface area contributed by atoms with Gasteiger partial charge in [-0.3, -0.25) is 4.55 Å². The van der Waals surface area contributed by atoms with E-state index in [1.54, 1.807) is 6.07 Å². The van der Waals surface area contributed by atoms with E-state index in [2.05, 4.69) is 0 Å². The molecule has 29 heavy (non-hydrogen) atoms. The van der Waals surface area contributed by atoms with Crippen LogP contribution >= 0.6 is 46.4 Å². The Labute approximate surface area is 186 Å². The van der Waals surface area contributed by atoms with Crippen LogP contribution in [0.4, 0.5) is 0 Å². The fraction of sp³-hybridized carbons (Fsp3) is 0.0526. The molecule has 1 unspecified atom stereocenters. The molecule has 0 aliphatic rings. The largest absolute Gasteiger partial charge is 0.504 e. The van der Waals surface area contributed by atoms with Crippen molar-refractivity contribution in [3.63, 3.8) is 0 Å². The first kappa shape index (κ1) is 22.0. The fourth-order valence-electron chi connectivity index (χ4n) is 3.22. The highest BCUT2D eigenvalue weighted by Gasteiger charge is 2.52. The fourth-order valence-corrected chi connectivity index (χ4v) is 5.91. The number of halogens is 4. The molecule has 0 saturated carbocycles. The highest BCUT2D eigenvalue weighted by molar-refractivity contribution is 7.87. The van der Waals surface area contributed by atoms with E-state index in [9.17, 15) is 23.2 Å². The minimum atomic E-state index is -5.10. The summed E-state index contributed by atoms with van der Waals surface area (Å²) >= 11 is 25.0. The zero-order valence-electron chi connectivity index (χ0n) is 14.3. The van der Waals surface area contributed by atoms with Crippen LogP contribution in [0.25, 0.3) is 0 Å². The zero-order valence-corrected chi connectivity index (χ0v) is 18.1. The van der Waals surface area contributed by atoms with Crippen LogP contribution in [-0.2, 0) is 14.9 Å². The number of rotatable bonds is 4. The van der Waals surface area contributed by atoms with Gasteiger partial charge >= 0.3 is 0 Å². The van der Waals surface area contributed by atoms with Crippen molar-refractivity contribution in [3.8, 4) is 11.5 Å². The molecule has 3 rings (SSSR count). The van der Waals surface area contributed by atoms with Crippen LogP contribution in [-0.4, -0.2) is 23.2 Å². The summed E-state index contributed by atoms with van der Waals surface area (Å²) in [4.78, 5) is 0. The Morgan fingerprint density at radius 1 is 0.793 bits per heavy atom. The van der Waals surface area contributed by atoms with Crippen LogP contribution in [0.15, 0.2) is 54.6 Å². The highest BCUT2D eigenvalue weighted by atomic mass is 35.5. The van der Waals surface area contributed by atoms with Crippen LogP contribution in [0.5, 0.6) is 11.5 Å². The van der Waals surface area contributed by atoms with Crippen LogP contribution in [0, 0.1) is 0 Å². The van der Waals surface area contributed by atoms with Crippen LogP contribution in [0.2, 0.25) is 20.1 Å². The van der Waals surface area contributed by atoms with Gasteiger partial charge in [-0.15, -0.1) is 0 Å². The maximum atomic E-state index is 13.0. The lowest BCUT2D eigenvalue weighted by Gasteiger charge is -2.34. The SMILES string of the molecule is O=S(=O)(O)C(c1ccccc1)(c1cccc(Cl)c1Cl)c1c(Cl)cc(O)c(O)c1Cl. The molecule has 0 spiro atoms. The quantitative estimate of drug-likeness (QED) is 0.239. The average Bonchev–Trinajstić information content (AvgIpc) is 2.66. The van der Waals surface area contributed by atoms with Gasteiger partial charge in [-0.05, 0) is 11.6 Å². The lowest BCUT2D eigenvalue weighted by Crippen LogP contribution is -2.39. The normalized spacial score (nSPS) is 13.8. The van der Waals surface area contributed by atoms with Gasteiger partial charge in [0, 0.05) is 17.2 Å². The maximum absolute atomic E-state index is 13.0. The number of benzene rings is 3. The van der Waals surface area contributed by atoms with E-state index < -0.39 is 37.0 Å². The number of phenolic OH excluding ortho intramolecular Hbond substituents is 2. The molecule has 0 radical (unpaired) electrons. The van der Waals surface area contributed by atoms with E-state index in [-0.39, 0.29) is 26.2 Å². The molecule has 0 aliphatic heterocycles. The Morgan fingerprint density at radius 2 is 1.41 bits per heavy atom. The van der Waals surface area contributed by atoms with Gasteiger partial charge in [0.25, 0.3) is 10.1 Å². The molecule has 0 amide bonds. The number of phenols is 2. The first-order valence-electron chi connectivity index (χ1n) is 7.91. The van der Waals surface area contributed by atoms with Gasteiger partial charge in [-0.1, -0.05) is 88.9 Å². The Hall–Kier alpha value is -1.67. The van der Waals surface area contributed by atoms with Crippen molar-refractivity contribution in [2.75, 3.05) is 0 Å². The monoisotopic (exact) mass is 492 g/mol. The van der Waals surface area contributed by atoms with Gasteiger partial charge in [0.1, 0.15) is 0 Å². The maximum Gasteiger partial charge on any atom is 0.283 e. The van der Waals surface area contributed by atoms with Crippen molar-refractivity contribution in [2.24, 2.45) is 0 Å². The second-order valence-corrected chi connectivity index (χ2v) is 9.17. The minimum absolute atomic E-state index is 0.0170. The molecule has 3 N–H and O–H groups in total. The second kappa shape index (κ2) is 7.87. The first-order valence-corrected chi connectivity index (χ1v) is 10.9. The van der Waals surface area contributed by atoms with Gasteiger partial charge in [-0.25, -0.2) is 0 Å². The number of aromatic hydroxyl groups is 2. The Balaban J connectivity index is 2.67. The van der Waals surface area contributed by atoms with Crippen molar-refractivity contribution in [1.29, 1.82) is 0 Å². The van der Waals surface area contributed by atoms with Gasteiger partial charge in [0.2, 0.25) is 0 Å². The highest BCUT2D eigenvalue weighted by Crippen LogP contribution is 2.54. The summed E-state index contributed by atoms with van der Waals surface area (Å²) in [5, 5.41) is 19.0. The van der Waals surface area contributed by atoms with Crippen molar-refractivity contribution in [1.82, 2.24) is 0 Å². The van der Waals surface area contributed by atoms with Crippen molar-refractivity contribution in [2.45, 2.75) is 4.75 Å². The van der Waals surface area contributed by atoms with E-state index in [0.29, 0.717) is 0 Å².